The molecule has 5 nitrogen and oxygen atoms in total. The molecule has 110 valence electrons. The molecule has 5 heteroatoms. The number of nitrogens with one attached hydrogen (secondary N) is 1. The van der Waals surface area contributed by atoms with Crippen molar-refractivity contribution in [3.05, 3.63) is 40.7 Å². The van der Waals surface area contributed by atoms with Gasteiger partial charge in [-0.25, -0.2) is 5.10 Å². The van der Waals surface area contributed by atoms with Crippen molar-refractivity contribution in [3.8, 4) is 22.8 Å². The lowest BCUT2D eigenvalue weighted by molar-refractivity contribution is 0.176. The predicted octanol–water partition coefficient (Wildman–Crippen LogP) is 2.62. The SMILES string of the molecule is COc1ccc(-c2ccc(=O)[nH]n2)cc1OCC1CCC1. The molecule has 2 aromatic rings. The van der Waals surface area contributed by atoms with Crippen molar-refractivity contribution < 1.29 is 9.47 Å². The lowest BCUT2D eigenvalue weighted by Crippen LogP contribution is -2.19. The molecule has 1 aliphatic rings. The number of hydrogen-bond acceptors (Lipinski definition) is 4. The lowest BCUT2D eigenvalue weighted by atomic mass is 9.86. The van der Waals surface area contributed by atoms with Crippen molar-refractivity contribution in [3.63, 3.8) is 0 Å². The summed E-state index contributed by atoms with van der Waals surface area (Å²) in [5, 5.41) is 6.47. The molecular formula is C16H18N2O3. The van der Waals surface area contributed by atoms with Crippen LogP contribution in [0.5, 0.6) is 11.5 Å². The summed E-state index contributed by atoms with van der Waals surface area (Å²) in [6, 6.07) is 8.81. The van der Waals surface area contributed by atoms with E-state index in [0.717, 1.165) is 17.9 Å². The number of rotatable bonds is 5. The van der Waals surface area contributed by atoms with E-state index in [2.05, 4.69) is 10.2 Å². The maximum atomic E-state index is 11.1. The van der Waals surface area contributed by atoms with Gasteiger partial charge in [0.2, 0.25) is 0 Å². The smallest absolute Gasteiger partial charge is 0.264 e. The van der Waals surface area contributed by atoms with Crippen LogP contribution in [0.1, 0.15) is 19.3 Å². The average molecular weight is 286 g/mol. The van der Waals surface area contributed by atoms with E-state index in [9.17, 15) is 4.79 Å². The van der Waals surface area contributed by atoms with Crippen LogP contribution >= 0.6 is 0 Å². The van der Waals surface area contributed by atoms with Crippen LogP contribution in [0.2, 0.25) is 0 Å². The molecule has 21 heavy (non-hydrogen) atoms. The first-order chi connectivity index (χ1) is 10.3. The zero-order valence-electron chi connectivity index (χ0n) is 12.0. The van der Waals surface area contributed by atoms with E-state index in [1.54, 1.807) is 13.2 Å². The summed E-state index contributed by atoms with van der Waals surface area (Å²) in [5.74, 6) is 2.09. The van der Waals surface area contributed by atoms with E-state index < -0.39 is 0 Å². The van der Waals surface area contributed by atoms with E-state index in [1.807, 2.05) is 18.2 Å². The summed E-state index contributed by atoms with van der Waals surface area (Å²) in [7, 11) is 1.63. The highest BCUT2D eigenvalue weighted by Crippen LogP contribution is 2.33. The monoisotopic (exact) mass is 286 g/mol. The second kappa shape index (κ2) is 5.99. The molecule has 1 saturated carbocycles. The van der Waals surface area contributed by atoms with Crippen LogP contribution in [0.25, 0.3) is 11.3 Å². The summed E-state index contributed by atoms with van der Waals surface area (Å²) in [4.78, 5) is 11.1. The summed E-state index contributed by atoms with van der Waals surface area (Å²) >= 11 is 0. The fourth-order valence-electron chi connectivity index (χ4n) is 2.32. The largest absolute Gasteiger partial charge is 0.493 e. The Bertz CT molecular complexity index is 657. The third kappa shape index (κ3) is 3.07. The Morgan fingerprint density at radius 3 is 2.71 bits per heavy atom. The second-order valence-electron chi connectivity index (χ2n) is 5.28. The molecule has 0 amide bonds. The summed E-state index contributed by atoms with van der Waals surface area (Å²) < 4.78 is 11.2. The zero-order chi connectivity index (χ0) is 14.7. The Morgan fingerprint density at radius 1 is 1.24 bits per heavy atom. The van der Waals surface area contributed by atoms with Crippen LogP contribution in [0.4, 0.5) is 0 Å². The first-order valence-corrected chi connectivity index (χ1v) is 7.13. The van der Waals surface area contributed by atoms with E-state index in [4.69, 9.17) is 9.47 Å². The highest BCUT2D eigenvalue weighted by Gasteiger charge is 2.19. The Labute approximate surface area is 122 Å². The Kier molecular flexibility index (Phi) is 3.90. The van der Waals surface area contributed by atoms with Gasteiger partial charge >= 0.3 is 0 Å². The zero-order valence-corrected chi connectivity index (χ0v) is 12.0. The van der Waals surface area contributed by atoms with Crippen molar-refractivity contribution in [2.75, 3.05) is 13.7 Å². The van der Waals surface area contributed by atoms with E-state index >= 15 is 0 Å². The van der Waals surface area contributed by atoms with Crippen LogP contribution < -0.4 is 15.0 Å². The van der Waals surface area contributed by atoms with Gasteiger partial charge in [0, 0.05) is 11.6 Å². The van der Waals surface area contributed by atoms with Gasteiger partial charge in [-0.2, -0.15) is 5.10 Å². The minimum Gasteiger partial charge on any atom is -0.493 e. The number of benzene rings is 1. The molecule has 3 rings (SSSR count). The molecule has 0 atom stereocenters. The van der Waals surface area contributed by atoms with Gasteiger partial charge in [-0.05, 0) is 43.0 Å². The molecule has 1 aromatic heterocycles. The van der Waals surface area contributed by atoms with Gasteiger partial charge in [0.25, 0.3) is 5.56 Å². The van der Waals surface area contributed by atoms with Gasteiger partial charge in [0.1, 0.15) is 0 Å². The molecule has 0 radical (unpaired) electrons. The molecule has 1 aromatic carbocycles. The minimum absolute atomic E-state index is 0.214. The quantitative estimate of drug-likeness (QED) is 0.917. The number of aromatic amines is 1. The van der Waals surface area contributed by atoms with E-state index in [-0.39, 0.29) is 5.56 Å². The Balaban J connectivity index is 1.84. The standard InChI is InChI=1S/C16H18N2O3/c1-20-14-7-5-12(13-6-8-16(19)18-17-13)9-15(14)21-10-11-3-2-4-11/h5-9,11H,2-4,10H2,1H3,(H,18,19). The number of methoxy groups -OCH3 is 1. The molecule has 1 N–H and O–H groups in total. The number of hydrogen-bond donors (Lipinski definition) is 1. The molecule has 0 spiro atoms. The third-order valence-electron chi connectivity index (χ3n) is 3.84. The van der Waals surface area contributed by atoms with E-state index in [0.29, 0.717) is 17.4 Å². The van der Waals surface area contributed by atoms with Crippen molar-refractivity contribution in [1.29, 1.82) is 0 Å². The van der Waals surface area contributed by atoms with Crippen molar-refractivity contribution in [2.45, 2.75) is 19.3 Å². The van der Waals surface area contributed by atoms with Gasteiger partial charge < -0.3 is 9.47 Å². The normalized spacial score (nSPS) is 14.5. The fraction of sp³-hybridized carbons (Fsp3) is 0.375. The summed E-state index contributed by atoms with van der Waals surface area (Å²) in [6.45, 7) is 0.721. The third-order valence-corrected chi connectivity index (χ3v) is 3.84. The number of ether oxygens (including phenoxy) is 2. The molecule has 0 bridgehead atoms. The predicted molar refractivity (Wildman–Crippen MR) is 79.7 cm³/mol. The Hall–Kier alpha value is -2.30. The van der Waals surface area contributed by atoms with Crippen LogP contribution in [-0.2, 0) is 0 Å². The molecule has 1 aliphatic carbocycles. The maximum absolute atomic E-state index is 11.1. The lowest BCUT2D eigenvalue weighted by Gasteiger charge is -2.25. The van der Waals surface area contributed by atoms with E-state index in [1.165, 1.54) is 25.3 Å². The van der Waals surface area contributed by atoms with Gasteiger partial charge in [-0.15, -0.1) is 0 Å². The summed E-state index contributed by atoms with van der Waals surface area (Å²) in [6.07, 6.45) is 3.78. The molecule has 1 fully saturated rings. The maximum Gasteiger partial charge on any atom is 0.264 e. The van der Waals surface area contributed by atoms with Gasteiger partial charge in [0.05, 0.1) is 19.4 Å². The number of aromatic nitrogens is 2. The molecule has 1 heterocycles. The second-order valence-corrected chi connectivity index (χ2v) is 5.28. The number of H-pyrrole nitrogens is 1. The molecular weight excluding hydrogens is 268 g/mol. The average Bonchev–Trinajstić information content (AvgIpc) is 2.46. The molecule has 0 aliphatic heterocycles. The first-order valence-electron chi connectivity index (χ1n) is 7.13. The minimum atomic E-state index is -0.214. The molecule has 0 unspecified atom stereocenters. The topological polar surface area (TPSA) is 64.2 Å². The van der Waals surface area contributed by atoms with Crippen LogP contribution in [0.15, 0.2) is 35.1 Å². The van der Waals surface area contributed by atoms with Gasteiger partial charge in [0.15, 0.2) is 11.5 Å². The van der Waals surface area contributed by atoms with Crippen LogP contribution in [0, 0.1) is 5.92 Å². The fourth-order valence-corrected chi connectivity index (χ4v) is 2.32. The van der Waals surface area contributed by atoms with Crippen molar-refractivity contribution in [2.24, 2.45) is 5.92 Å². The summed E-state index contributed by atoms with van der Waals surface area (Å²) in [5.41, 5.74) is 1.37. The van der Waals surface area contributed by atoms with Gasteiger partial charge in [-0.3, -0.25) is 4.79 Å². The van der Waals surface area contributed by atoms with Gasteiger partial charge in [-0.1, -0.05) is 6.42 Å². The highest BCUT2D eigenvalue weighted by atomic mass is 16.5. The highest BCUT2D eigenvalue weighted by molar-refractivity contribution is 5.63. The first kappa shape index (κ1) is 13.7. The van der Waals surface area contributed by atoms with Crippen molar-refractivity contribution >= 4 is 0 Å². The Morgan fingerprint density at radius 2 is 2.10 bits per heavy atom. The van der Waals surface area contributed by atoms with Crippen LogP contribution in [-0.4, -0.2) is 23.9 Å². The van der Waals surface area contributed by atoms with Crippen LogP contribution in [0.3, 0.4) is 0 Å². The van der Waals surface area contributed by atoms with Crippen molar-refractivity contribution in [1.82, 2.24) is 10.2 Å². The molecule has 0 saturated heterocycles. The number of nitrogens with zero attached hydrogens (tertiary/aromatic N) is 1.